The lowest BCUT2D eigenvalue weighted by atomic mass is 9.83. The number of anilines is 1. The molecule has 1 unspecified atom stereocenters. The molecule has 2 aromatic rings. The first kappa shape index (κ1) is 32.9. The molecule has 3 aliphatic heterocycles. The fourth-order valence-electron chi connectivity index (χ4n) is 7.72. The summed E-state index contributed by atoms with van der Waals surface area (Å²) in [6, 6.07) is 10.4. The average Bonchev–Trinajstić information content (AvgIpc) is 3.74. The molecule has 2 aromatic carbocycles. The maximum atomic E-state index is 14.4. The zero-order valence-corrected chi connectivity index (χ0v) is 27.0. The van der Waals surface area contributed by atoms with Gasteiger partial charge in [0.25, 0.3) is 0 Å². The Bertz CT molecular complexity index is 1380. The Kier molecular flexibility index (Phi) is 10.8. The van der Waals surface area contributed by atoms with Crippen molar-refractivity contribution in [3.63, 3.8) is 0 Å². The van der Waals surface area contributed by atoms with E-state index in [1.165, 1.54) is 6.07 Å². The molecule has 9 heteroatoms. The van der Waals surface area contributed by atoms with Crippen molar-refractivity contribution < 1.29 is 28.6 Å². The molecule has 8 nitrogen and oxygen atoms in total. The first-order valence-corrected chi connectivity index (χ1v) is 16.8. The second-order valence-electron chi connectivity index (χ2n) is 13.0. The van der Waals surface area contributed by atoms with Crippen molar-refractivity contribution in [3.05, 3.63) is 58.9 Å². The van der Waals surface area contributed by atoms with Crippen molar-refractivity contribution in [2.45, 2.75) is 96.6 Å². The molecule has 1 N–H and O–H groups in total. The van der Waals surface area contributed by atoms with Crippen molar-refractivity contribution in [1.29, 1.82) is 0 Å². The van der Waals surface area contributed by atoms with Crippen LogP contribution >= 0.6 is 0 Å². The minimum Gasteiger partial charge on any atom is -0.493 e. The van der Waals surface area contributed by atoms with Crippen LogP contribution in [0, 0.1) is 18.7 Å². The number of carboxylic acid groups (broad SMARTS) is 1. The van der Waals surface area contributed by atoms with Crippen LogP contribution in [0.5, 0.6) is 5.75 Å². The van der Waals surface area contributed by atoms with Gasteiger partial charge in [-0.05, 0) is 80.0 Å². The molecule has 3 atom stereocenters. The molecular formula is C36H48FN3O5. The van der Waals surface area contributed by atoms with Gasteiger partial charge in [-0.3, -0.25) is 19.3 Å². The maximum Gasteiger partial charge on any atom is 0.308 e. The largest absolute Gasteiger partial charge is 0.493 e. The number of carbonyl (C=O) groups excluding carboxylic acids is 2. The van der Waals surface area contributed by atoms with E-state index in [2.05, 4.69) is 24.8 Å². The van der Waals surface area contributed by atoms with E-state index in [1.807, 2.05) is 21.9 Å². The van der Waals surface area contributed by atoms with Crippen molar-refractivity contribution in [1.82, 2.24) is 9.80 Å². The zero-order valence-electron chi connectivity index (χ0n) is 27.0. The predicted octanol–water partition coefficient (Wildman–Crippen LogP) is 5.94. The zero-order chi connectivity index (χ0) is 32.1. The second kappa shape index (κ2) is 14.8. The van der Waals surface area contributed by atoms with Crippen LogP contribution in [0.1, 0.15) is 87.8 Å². The summed E-state index contributed by atoms with van der Waals surface area (Å²) in [5, 5.41) is 10.6. The van der Waals surface area contributed by atoms with Gasteiger partial charge in [0.2, 0.25) is 11.8 Å². The summed E-state index contributed by atoms with van der Waals surface area (Å²) in [6.45, 7) is 8.40. The molecule has 0 saturated carbocycles. The molecule has 244 valence electrons. The number of likely N-dealkylation sites (tertiary alicyclic amines) is 2. The Hall–Kier alpha value is -3.46. The molecule has 2 amide bonds. The van der Waals surface area contributed by atoms with Gasteiger partial charge in [-0.25, -0.2) is 4.39 Å². The van der Waals surface area contributed by atoms with Gasteiger partial charge in [-0.15, -0.1) is 0 Å². The van der Waals surface area contributed by atoms with Gasteiger partial charge in [0, 0.05) is 56.2 Å². The minimum absolute atomic E-state index is 0.0395. The number of benzene rings is 2. The van der Waals surface area contributed by atoms with Crippen LogP contribution in [0.25, 0.3) is 0 Å². The summed E-state index contributed by atoms with van der Waals surface area (Å²) >= 11 is 0. The van der Waals surface area contributed by atoms with Crippen LogP contribution in [-0.2, 0) is 20.8 Å². The van der Waals surface area contributed by atoms with Crippen LogP contribution in [0.4, 0.5) is 10.1 Å². The van der Waals surface area contributed by atoms with Gasteiger partial charge in [-0.2, -0.15) is 0 Å². The van der Waals surface area contributed by atoms with Gasteiger partial charge < -0.3 is 19.6 Å². The Morgan fingerprint density at radius 1 is 1.11 bits per heavy atom. The third kappa shape index (κ3) is 7.35. The number of amides is 2. The molecule has 0 spiro atoms. The number of nitrogens with zero attached hydrogens (tertiary/aromatic N) is 3. The Morgan fingerprint density at radius 3 is 2.56 bits per heavy atom. The molecule has 3 heterocycles. The lowest BCUT2D eigenvalue weighted by Gasteiger charge is -2.35. The number of ether oxygens (including phenoxy) is 1. The third-order valence-electron chi connectivity index (χ3n) is 9.91. The normalized spacial score (nSPS) is 21.4. The highest BCUT2D eigenvalue weighted by molar-refractivity contribution is 5.95. The summed E-state index contributed by atoms with van der Waals surface area (Å²) in [4.78, 5) is 45.5. The monoisotopic (exact) mass is 621 g/mol. The molecule has 45 heavy (non-hydrogen) atoms. The summed E-state index contributed by atoms with van der Waals surface area (Å²) in [5.74, 6) is -1.25. The number of aryl methyl sites for hydroxylation is 1. The van der Waals surface area contributed by atoms with Crippen molar-refractivity contribution >= 4 is 23.5 Å². The molecule has 3 aliphatic rings. The molecule has 0 bridgehead atoms. The van der Waals surface area contributed by atoms with Crippen molar-refractivity contribution in [3.8, 4) is 5.75 Å². The van der Waals surface area contributed by atoms with Crippen LogP contribution in [-0.4, -0.2) is 77.6 Å². The van der Waals surface area contributed by atoms with Gasteiger partial charge in [-0.1, -0.05) is 38.8 Å². The first-order valence-electron chi connectivity index (χ1n) is 16.8. The molecule has 0 radical (unpaired) electrons. The Labute approximate surface area is 266 Å². The van der Waals surface area contributed by atoms with Crippen molar-refractivity contribution in [2.24, 2.45) is 5.92 Å². The quantitative estimate of drug-likeness (QED) is 0.281. The minimum atomic E-state index is -0.866. The number of aliphatic carboxylic acids is 1. The number of fused-ring (bicyclic) bond motifs is 1. The maximum absolute atomic E-state index is 14.4. The predicted molar refractivity (Wildman–Crippen MR) is 172 cm³/mol. The van der Waals surface area contributed by atoms with E-state index in [9.17, 15) is 23.9 Å². The van der Waals surface area contributed by atoms with E-state index in [4.69, 9.17) is 4.74 Å². The topological polar surface area (TPSA) is 90.4 Å². The van der Waals surface area contributed by atoms with E-state index in [0.717, 1.165) is 61.9 Å². The van der Waals surface area contributed by atoms with Gasteiger partial charge in [0.05, 0.1) is 19.1 Å². The lowest BCUT2D eigenvalue weighted by molar-refractivity contribution is -0.143. The number of carboxylic acids is 1. The summed E-state index contributed by atoms with van der Waals surface area (Å²) < 4.78 is 20.0. The highest BCUT2D eigenvalue weighted by Crippen LogP contribution is 2.41. The fourth-order valence-corrected chi connectivity index (χ4v) is 7.72. The molecule has 2 fully saturated rings. The number of halogens is 1. The van der Waals surface area contributed by atoms with Crippen LogP contribution in [0.2, 0.25) is 0 Å². The highest BCUT2D eigenvalue weighted by atomic mass is 19.1. The number of hydrogen-bond donors (Lipinski definition) is 1. The lowest BCUT2D eigenvalue weighted by Crippen LogP contribution is -2.48. The van der Waals surface area contributed by atoms with E-state index >= 15 is 0 Å². The van der Waals surface area contributed by atoms with E-state index < -0.39 is 11.9 Å². The van der Waals surface area contributed by atoms with E-state index in [0.29, 0.717) is 50.2 Å². The second-order valence-corrected chi connectivity index (χ2v) is 13.0. The molecular weight excluding hydrogens is 573 g/mol. The van der Waals surface area contributed by atoms with Crippen LogP contribution < -0.4 is 9.64 Å². The summed E-state index contributed by atoms with van der Waals surface area (Å²) in [5.41, 5.74) is 3.22. The molecule has 2 saturated heterocycles. The van der Waals surface area contributed by atoms with Gasteiger partial charge >= 0.3 is 5.97 Å². The standard InChI is InChI=1S/C36H48FN3O5/c1-4-8-27(9-5-2)40(28-13-14-30(37)24(3)20-28)34(42)23-39-22-29(25-12-15-32-26(21-25)16-19-45-32)35(36(43)44)31(39)10-6-17-38-18-7-11-33(38)41/h12-15,20-21,27,29,31,35H,4-11,16-19,22-23H2,1-3H3,(H,43,44)/t29-,31+,35?/m1/s1. The van der Waals surface area contributed by atoms with Gasteiger partial charge in [0.1, 0.15) is 11.6 Å². The highest BCUT2D eigenvalue weighted by Gasteiger charge is 2.47. The van der Waals surface area contributed by atoms with Crippen molar-refractivity contribution in [2.75, 3.05) is 37.7 Å². The average molecular weight is 622 g/mol. The third-order valence-corrected chi connectivity index (χ3v) is 9.91. The number of carbonyl (C=O) groups is 3. The fraction of sp³-hybridized carbons (Fsp3) is 0.583. The summed E-state index contributed by atoms with van der Waals surface area (Å²) in [7, 11) is 0. The van der Waals surface area contributed by atoms with E-state index in [1.54, 1.807) is 19.1 Å². The van der Waals surface area contributed by atoms with Crippen LogP contribution in [0.15, 0.2) is 36.4 Å². The van der Waals surface area contributed by atoms with Crippen LogP contribution in [0.3, 0.4) is 0 Å². The molecule has 0 aliphatic carbocycles. The Morgan fingerprint density at radius 2 is 1.89 bits per heavy atom. The number of hydrogen-bond acceptors (Lipinski definition) is 5. The van der Waals surface area contributed by atoms with E-state index in [-0.39, 0.29) is 42.2 Å². The smallest absolute Gasteiger partial charge is 0.308 e. The first-order chi connectivity index (χ1) is 21.7. The number of rotatable bonds is 14. The summed E-state index contributed by atoms with van der Waals surface area (Å²) in [6.07, 6.45) is 6.92. The molecule has 0 aromatic heterocycles. The Balaban J connectivity index is 1.45. The van der Waals surface area contributed by atoms with Gasteiger partial charge in [0.15, 0.2) is 0 Å². The SMILES string of the molecule is CCCC(CCC)N(C(=O)CN1C[C@H](c2ccc3c(c2)CCO3)C(C(=O)O)[C@@H]1CCCN1CCCC1=O)c1ccc(F)c(C)c1. The molecule has 5 rings (SSSR count).